The van der Waals surface area contributed by atoms with Gasteiger partial charge in [0.2, 0.25) is 0 Å². The van der Waals surface area contributed by atoms with Crippen LogP contribution in [-0.2, 0) is 10.8 Å². The molecule has 40 heavy (non-hydrogen) atoms. The van der Waals surface area contributed by atoms with Crippen LogP contribution < -0.4 is 5.32 Å². The molecule has 1 heterocycles. The maximum Gasteiger partial charge on any atom is 0.190 e. The maximum atomic E-state index is 11.2. The Morgan fingerprint density at radius 3 is 1.62 bits per heavy atom. The zero-order chi connectivity index (χ0) is 29.6. The number of phenolic OH excluding ortho intramolecular Hbond substituents is 1. The second-order valence-electron chi connectivity index (χ2n) is 13.2. The van der Waals surface area contributed by atoms with Crippen molar-refractivity contribution in [1.29, 1.82) is 0 Å². The van der Waals surface area contributed by atoms with Crippen molar-refractivity contribution < 1.29 is 5.11 Å². The van der Waals surface area contributed by atoms with Gasteiger partial charge in [-0.05, 0) is 41.6 Å². The van der Waals surface area contributed by atoms with Crippen molar-refractivity contribution in [2.24, 2.45) is 0 Å². The van der Waals surface area contributed by atoms with Crippen LogP contribution in [-0.4, -0.2) is 26.6 Å². The minimum atomic E-state index is -0.177. The van der Waals surface area contributed by atoms with E-state index in [4.69, 9.17) is 9.97 Å². The Kier molecular flexibility index (Phi) is 15.3. The predicted octanol–water partition coefficient (Wildman–Crippen LogP) is 11.4. The zero-order valence-corrected chi connectivity index (χ0v) is 28.4. The number of nitrogens with zero attached hydrogens (tertiary/aromatic N) is 2. The van der Waals surface area contributed by atoms with Gasteiger partial charge in [-0.1, -0.05) is 131 Å². The summed E-state index contributed by atoms with van der Waals surface area (Å²) in [4.78, 5) is 9.86. The van der Waals surface area contributed by atoms with Crippen LogP contribution in [0, 0.1) is 0 Å². The summed E-state index contributed by atoms with van der Waals surface area (Å²) in [5.41, 5.74) is 2.51. The highest BCUT2D eigenvalue weighted by Gasteiger charge is 2.26. The molecule has 0 radical (unpaired) electrons. The molecule has 0 amide bonds. The molecule has 2 aromatic rings. The summed E-state index contributed by atoms with van der Waals surface area (Å²) < 4.78 is 0. The second-order valence-corrected chi connectivity index (χ2v) is 15.3. The number of nitrogens with one attached hydrogen (secondary N) is 1. The number of aromatic nitrogens is 2. The Morgan fingerprint density at radius 1 is 0.650 bits per heavy atom. The standard InChI is InChI=1S/C34H57N3OS2/c1-9-11-13-15-17-19-21-39-30-25-29(36-32(37-30)40-22-20-18-16-14-12-10-2)35-26-23-27(33(3,4)5)31(38)28(24-26)34(6,7)8/h23-25,38H,9-22H2,1-8H3,(H,35,36,37). The van der Waals surface area contributed by atoms with Crippen molar-refractivity contribution in [3.05, 3.63) is 29.3 Å². The highest BCUT2D eigenvalue weighted by Crippen LogP contribution is 2.41. The molecule has 1 aromatic carbocycles. The van der Waals surface area contributed by atoms with Crippen molar-refractivity contribution in [2.75, 3.05) is 16.8 Å². The predicted molar refractivity (Wildman–Crippen MR) is 179 cm³/mol. The summed E-state index contributed by atoms with van der Waals surface area (Å²) in [6.45, 7) is 17.4. The average Bonchev–Trinajstić information content (AvgIpc) is 2.87. The monoisotopic (exact) mass is 587 g/mol. The van der Waals surface area contributed by atoms with E-state index in [1.165, 1.54) is 77.0 Å². The molecule has 2 rings (SSSR count). The quantitative estimate of drug-likeness (QED) is 0.0595. The minimum absolute atomic E-state index is 0.177. The summed E-state index contributed by atoms with van der Waals surface area (Å²) in [6.07, 6.45) is 15.6. The van der Waals surface area contributed by atoms with Crippen molar-refractivity contribution in [3.63, 3.8) is 0 Å². The SMILES string of the molecule is CCCCCCCCSc1cc(Nc2cc(C(C)(C)C)c(O)c(C(C)(C)C)c2)nc(SCCCCCCCC)n1. The third-order valence-electron chi connectivity index (χ3n) is 7.16. The van der Waals surface area contributed by atoms with Gasteiger partial charge in [0.05, 0.1) is 0 Å². The lowest BCUT2D eigenvalue weighted by atomic mass is 9.79. The van der Waals surface area contributed by atoms with Gasteiger partial charge in [-0.25, -0.2) is 9.97 Å². The van der Waals surface area contributed by atoms with Gasteiger partial charge in [0.25, 0.3) is 0 Å². The Bertz CT molecular complexity index is 940. The van der Waals surface area contributed by atoms with Gasteiger partial charge in [0, 0.05) is 28.6 Å². The summed E-state index contributed by atoms with van der Waals surface area (Å²) in [5, 5.41) is 16.7. The molecule has 0 saturated carbocycles. The maximum absolute atomic E-state index is 11.2. The van der Waals surface area contributed by atoms with Crippen LogP contribution in [0.15, 0.2) is 28.4 Å². The number of hydrogen-bond acceptors (Lipinski definition) is 6. The summed E-state index contributed by atoms with van der Waals surface area (Å²) in [5.74, 6) is 3.37. The molecule has 0 saturated heterocycles. The van der Waals surface area contributed by atoms with Gasteiger partial charge in [-0.2, -0.15) is 0 Å². The van der Waals surface area contributed by atoms with E-state index < -0.39 is 0 Å². The van der Waals surface area contributed by atoms with E-state index in [0.717, 1.165) is 44.3 Å². The fourth-order valence-electron chi connectivity index (χ4n) is 4.71. The molecular formula is C34H57N3OS2. The molecule has 0 spiro atoms. The number of anilines is 2. The van der Waals surface area contributed by atoms with Crippen LogP contribution in [0.5, 0.6) is 5.75 Å². The molecule has 226 valence electrons. The molecular weight excluding hydrogens is 531 g/mol. The van der Waals surface area contributed by atoms with Crippen LogP contribution in [0.4, 0.5) is 11.5 Å². The number of aromatic hydroxyl groups is 1. The van der Waals surface area contributed by atoms with E-state index >= 15 is 0 Å². The Hall–Kier alpha value is -1.40. The first-order chi connectivity index (χ1) is 19.0. The zero-order valence-electron chi connectivity index (χ0n) is 26.8. The van der Waals surface area contributed by atoms with Gasteiger partial charge in [-0.3, -0.25) is 0 Å². The number of phenols is 1. The molecule has 1 aromatic heterocycles. The molecule has 0 unspecified atom stereocenters. The Morgan fingerprint density at radius 2 is 1.12 bits per heavy atom. The van der Waals surface area contributed by atoms with Crippen molar-refractivity contribution in [1.82, 2.24) is 9.97 Å². The van der Waals surface area contributed by atoms with Gasteiger partial charge >= 0.3 is 0 Å². The van der Waals surface area contributed by atoms with E-state index in [-0.39, 0.29) is 10.8 Å². The molecule has 0 fully saturated rings. The van der Waals surface area contributed by atoms with Gasteiger partial charge in [-0.15, -0.1) is 11.8 Å². The van der Waals surface area contributed by atoms with E-state index in [1.807, 2.05) is 11.8 Å². The van der Waals surface area contributed by atoms with Crippen LogP contribution in [0.1, 0.15) is 144 Å². The molecule has 6 heteroatoms. The lowest BCUT2D eigenvalue weighted by molar-refractivity contribution is 0.423. The average molecular weight is 588 g/mol. The van der Waals surface area contributed by atoms with Crippen LogP contribution in [0.3, 0.4) is 0 Å². The third kappa shape index (κ3) is 12.6. The molecule has 0 atom stereocenters. The van der Waals surface area contributed by atoms with Crippen LogP contribution >= 0.6 is 23.5 Å². The summed E-state index contributed by atoms with van der Waals surface area (Å²) in [6, 6.07) is 6.26. The lowest BCUT2D eigenvalue weighted by Gasteiger charge is -2.28. The first-order valence-electron chi connectivity index (χ1n) is 15.7. The second kappa shape index (κ2) is 17.5. The number of unbranched alkanes of at least 4 members (excludes halogenated alkanes) is 10. The minimum Gasteiger partial charge on any atom is -0.507 e. The smallest absolute Gasteiger partial charge is 0.190 e. The van der Waals surface area contributed by atoms with Crippen LogP contribution in [0.25, 0.3) is 0 Å². The summed E-state index contributed by atoms with van der Waals surface area (Å²) >= 11 is 3.63. The molecule has 2 N–H and O–H groups in total. The van der Waals surface area contributed by atoms with Gasteiger partial charge < -0.3 is 10.4 Å². The van der Waals surface area contributed by atoms with Gasteiger partial charge in [0.15, 0.2) is 5.16 Å². The molecule has 4 nitrogen and oxygen atoms in total. The van der Waals surface area contributed by atoms with E-state index in [1.54, 1.807) is 11.8 Å². The number of thioether (sulfide) groups is 2. The highest BCUT2D eigenvalue weighted by molar-refractivity contribution is 7.99. The molecule has 0 bridgehead atoms. The number of benzene rings is 1. The van der Waals surface area contributed by atoms with E-state index in [9.17, 15) is 5.11 Å². The van der Waals surface area contributed by atoms with Crippen molar-refractivity contribution in [2.45, 2.75) is 153 Å². The Labute approximate surface area is 254 Å². The normalized spacial score (nSPS) is 12.2. The first kappa shape index (κ1) is 34.8. The van der Waals surface area contributed by atoms with Crippen molar-refractivity contribution >= 4 is 35.0 Å². The molecule has 0 aliphatic carbocycles. The fraction of sp³-hybridized carbons (Fsp3) is 0.706. The fourth-order valence-corrected chi connectivity index (χ4v) is 6.53. The third-order valence-corrected chi connectivity index (χ3v) is 9.09. The first-order valence-corrected chi connectivity index (χ1v) is 17.7. The lowest BCUT2D eigenvalue weighted by Crippen LogP contribution is -2.17. The van der Waals surface area contributed by atoms with Crippen molar-refractivity contribution in [3.8, 4) is 5.75 Å². The largest absolute Gasteiger partial charge is 0.507 e. The van der Waals surface area contributed by atoms with Gasteiger partial charge in [0.1, 0.15) is 16.6 Å². The topological polar surface area (TPSA) is 58.0 Å². The molecule has 0 aliphatic rings. The van der Waals surface area contributed by atoms with E-state index in [2.05, 4.69) is 78.9 Å². The highest BCUT2D eigenvalue weighted by atomic mass is 32.2. The Balaban J connectivity index is 2.22. The summed E-state index contributed by atoms with van der Waals surface area (Å²) in [7, 11) is 0. The van der Waals surface area contributed by atoms with Crippen LogP contribution in [0.2, 0.25) is 0 Å². The number of rotatable bonds is 18. The molecule has 0 aliphatic heterocycles. The number of hydrogen-bond donors (Lipinski definition) is 2. The van der Waals surface area contributed by atoms with E-state index in [0.29, 0.717) is 5.75 Å².